The van der Waals surface area contributed by atoms with Crippen LogP contribution in [0.2, 0.25) is 0 Å². The molecular weight excluding hydrogens is 390 g/mol. The second-order valence-electron chi connectivity index (χ2n) is 6.84. The van der Waals surface area contributed by atoms with E-state index in [1.54, 1.807) is 34.8 Å². The SMILES string of the molecule is O=C(Nc1cn([C@H]2C[C@H](O)C2)nc1-c1ccccn1)c1csc(-c2cn[nH]c2)n1. The summed E-state index contributed by atoms with van der Waals surface area (Å²) < 4.78 is 1.80. The number of thiazole rings is 1. The Hall–Kier alpha value is -3.37. The van der Waals surface area contributed by atoms with E-state index in [2.05, 4.69) is 30.6 Å². The van der Waals surface area contributed by atoms with Gasteiger partial charge < -0.3 is 10.4 Å². The molecular formula is C19H17N7O2S. The zero-order valence-corrected chi connectivity index (χ0v) is 16.0. The smallest absolute Gasteiger partial charge is 0.275 e. The Morgan fingerprint density at radius 2 is 2.24 bits per heavy atom. The molecule has 0 radical (unpaired) electrons. The van der Waals surface area contributed by atoms with E-state index in [0.717, 1.165) is 5.56 Å². The first-order valence-electron chi connectivity index (χ1n) is 9.12. The monoisotopic (exact) mass is 407 g/mol. The first-order chi connectivity index (χ1) is 14.2. The number of aliphatic hydroxyl groups is 1. The highest BCUT2D eigenvalue weighted by atomic mass is 32.1. The van der Waals surface area contributed by atoms with Gasteiger partial charge in [0.1, 0.15) is 16.4 Å². The molecule has 0 unspecified atom stereocenters. The van der Waals surface area contributed by atoms with E-state index in [-0.39, 0.29) is 18.1 Å². The van der Waals surface area contributed by atoms with Crippen molar-refractivity contribution in [2.24, 2.45) is 0 Å². The Morgan fingerprint density at radius 1 is 1.34 bits per heavy atom. The van der Waals surface area contributed by atoms with Gasteiger partial charge in [-0.1, -0.05) is 6.07 Å². The van der Waals surface area contributed by atoms with Gasteiger partial charge in [-0.15, -0.1) is 11.3 Å². The van der Waals surface area contributed by atoms with Gasteiger partial charge in [0.25, 0.3) is 5.91 Å². The van der Waals surface area contributed by atoms with Gasteiger partial charge in [-0.3, -0.25) is 19.6 Å². The van der Waals surface area contributed by atoms with Crippen molar-refractivity contribution in [3.05, 3.63) is 54.1 Å². The van der Waals surface area contributed by atoms with Gasteiger partial charge in [0, 0.05) is 29.5 Å². The predicted molar refractivity (Wildman–Crippen MR) is 107 cm³/mol. The number of carbonyl (C=O) groups is 1. The van der Waals surface area contributed by atoms with Crippen LogP contribution in [0.5, 0.6) is 0 Å². The summed E-state index contributed by atoms with van der Waals surface area (Å²) in [5.74, 6) is -0.318. The number of aliphatic hydroxyl groups excluding tert-OH is 1. The molecule has 4 heterocycles. The Balaban J connectivity index is 1.43. The maximum Gasteiger partial charge on any atom is 0.275 e. The van der Waals surface area contributed by atoms with Crippen molar-refractivity contribution >= 4 is 22.9 Å². The lowest BCUT2D eigenvalue weighted by atomic mass is 9.90. The second-order valence-corrected chi connectivity index (χ2v) is 7.70. The van der Waals surface area contributed by atoms with Crippen LogP contribution in [0.15, 0.2) is 48.4 Å². The van der Waals surface area contributed by atoms with Crippen LogP contribution >= 0.6 is 11.3 Å². The van der Waals surface area contributed by atoms with E-state index >= 15 is 0 Å². The predicted octanol–water partition coefficient (Wildman–Crippen LogP) is 2.74. The molecule has 0 spiro atoms. The van der Waals surface area contributed by atoms with Crippen LogP contribution in [-0.4, -0.2) is 47.1 Å². The molecule has 0 aliphatic heterocycles. The molecule has 1 saturated carbocycles. The van der Waals surface area contributed by atoms with E-state index in [1.165, 1.54) is 11.3 Å². The molecule has 3 N–H and O–H groups in total. The van der Waals surface area contributed by atoms with E-state index in [1.807, 2.05) is 18.2 Å². The molecule has 0 atom stereocenters. The van der Waals surface area contributed by atoms with Crippen LogP contribution in [0.25, 0.3) is 22.0 Å². The van der Waals surface area contributed by atoms with E-state index < -0.39 is 0 Å². The third-order valence-corrected chi connectivity index (χ3v) is 5.72. The van der Waals surface area contributed by atoms with Crippen molar-refractivity contribution < 1.29 is 9.90 Å². The van der Waals surface area contributed by atoms with Crippen molar-refractivity contribution in [2.45, 2.75) is 25.0 Å². The number of aromatic nitrogens is 6. The van der Waals surface area contributed by atoms with Gasteiger partial charge in [0.05, 0.1) is 29.7 Å². The van der Waals surface area contributed by atoms with E-state index in [4.69, 9.17) is 0 Å². The molecule has 10 heteroatoms. The normalized spacial score (nSPS) is 18.4. The molecule has 5 rings (SSSR count). The van der Waals surface area contributed by atoms with Gasteiger partial charge in [0.15, 0.2) is 0 Å². The van der Waals surface area contributed by atoms with E-state index in [9.17, 15) is 9.90 Å². The fourth-order valence-corrected chi connectivity index (χ4v) is 3.98. The fourth-order valence-electron chi connectivity index (χ4n) is 3.20. The average molecular weight is 407 g/mol. The number of rotatable bonds is 5. The summed E-state index contributed by atoms with van der Waals surface area (Å²) in [5, 5.41) is 26.2. The van der Waals surface area contributed by atoms with Crippen molar-refractivity contribution in [3.63, 3.8) is 0 Å². The topological polar surface area (TPSA) is 122 Å². The minimum absolute atomic E-state index is 0.116. The highest BCUT2D eigenvalue weighted by Crippen LogP contribution is 2.35. The standard InChI is InChI=1S/C19H17N7O2S/c27-13-5-12(6-13)26-9-15(17(25-26)14-3-1-2-4-20-14)23-18(28)16-10-29-19(24-16)11-7-21-22-8-11/h1-4,7-10,12-13,27H,5-6H2,(H,21,22)(H,23,28)/t12-,13-. The molecule has 0 saturated heterocycles. The van der Waals surface area contributed by atoms with Gasteiger partial charge in [-0.2, -0.15) is 10.2 Å². The minimum atomic E-state index is -0.318. The lowest BCUT2D eigenvalue weighted by Gasteiger charge is -2.31. The van der Waals surface area contributed by atoms with Gasteiger partial charge in [-0.25, -0.2) is 4.98 Å². The van der Waals surface area contributed by atoms with Gasteiger partial charge >= 0.3 is 0 Å². The number of hydrogen-bond acceptors (Lipinski definition) is 7. The summed E-state index contributed by atoms with van der Waals surface area (Å²) in [4.78, 5) is 21.6. The van der Waals surface area contributed by atoms with Crippen LogP contribution in [0.1, 0.15) is 29.4 Å². The summed E-state index contributed by atoms with van der Waals surface area (Å²) >= 11 is 1.38. The largest absolute Gasteiger partial charge is 0.393 e. The third-order valence-electron chi connectivity index (χ3n) is 4.83. The zero-order chi connectivity index (χ0) is 19.8. The molecule has 0 bridgehead atoms. The maximum absolute atomic E-state index is 12.8. The van der Waals surface area contributed by atoms with Gasteiger partial charge in [0.2, 0.25) is 0 Å². The summed E-state index contributed by atoms with van der Waals surface area (Å²) in [6.07, 6.45) is 7.88. The quantitative estimate of drug-likeness (QED) is 0.468. The molecule has 1 amide bonds. The summed E-state index contributed by atoms with van der Waals surface area (Å²) in [6.45, 7) is 0. The molecule has 0 aromatic carbocycles. The maximum atomic E-state index is 12.8. The third kappa shape index (κ3) is 3.43. The number of aromatic amines is 1. The Morgan fingerprint density at radius 3 is 2.97 bits per heavy atom. The Labute approximate surface area is 169 Å². The molecule has 146 valence electrons. The zero-order valence-electron chi connectivity index (χ0n) is 15.2. The highest BCUT2D eigenvalue weighted by molar-refractivity contribution is 7.13. The number of carbonyl (C=O) groups excluding carboxylic acids is 1. The van der Waals surface area contributed by atoms with E-state index in [0.29, 0.717) is 40.6 Å². The number of nitrogens with zero attached hydrogens (tertiary/aromatic N) is 5. The number of H-pyrrole nitrogens is 1. The van der Waals surface area contributed by atoms with Gasteiger partial charge in [-0.05, 0) is 25.0 Å². The number of nitrogens with one attached hydrogen (secondary N) is 2. The molecule has 4 aromatic heterocycles. The lowest BCUT2D eigenvalue weighted by molar-refractivity contribution is 0.0435. The number of pyridine rings is 1. The second kappa shape index (κ2) is 7.22. The average Bonchev–Trinajstić information content (AvgIpc) is 3.45. The minimum Gasteiger partial charge on any atom is -0.393 e. The summed E-state index contributed by atoms with van der Waals surface area (Å²) in [5.41, 5.74) is 2.97. The van der Waals surface area contributed by atoms with Crippen molar-refractivity contribution in [1.82, 2.24) is 29.9 Å². The molecule has 4 aromatic rings. The molecule has 1 aliphatic carbocycles. The van der Waals surface area contributed by atoms with Crippen molar-refractivity contribution in [3.8, 4) is 22.0 Å². The van der Waals surface area contributed by atoms with Crippen LogP contribution < -0.4 is 5.32 Å². The Bertz CT molecular complexity index is 1130. The lowest BCUT2D eigenvalue weighted by Crippen LogP contribution is -2.31. The first kappa shape index (κ1) is 17.7. The molecule has 1 fully saturated rings. The first-order valence-corrected chi connectivity index (χ1v) is 10.00. The van der Waals surface area contributed by atoms with Crippen LogP contribution in [0.3, 0.4) is 0 Å². The van der Waals surface area contributed by atoms with Crippen LogP contribution in [0.4, 0.5) is 5.69 Å². The van der Waals surface area contributed by atoms with Crippen molar-refractivity contribution in [1.29, 1.82) is 0 Å². The molecule has 1 aliphatic rings. The summed E-state index contributed by atoms with van der Waals surface area (Å²) in [6, 6.07) is 5.66. The number of amides is 1. The number of hydrogen-bond donors (Lipinski definition) is 3. The molecule has 29 heavy (non-hydrogen) atoms. The Kier molecular flexibility index (Phi) is 4.41. The van der Waals surface area contributed by atoms with Crippen LogP contribution in [-0.2, 0) is 0 Å². The van der Waals surface area contributed by atoms with Crippen LogP contribution in [0, 0.1) is 0 Å². The molecule has 9 nitrogen and oxygen atoms in total. The fraction of sp³-hybridized carbons (Fsp3) is 0.211. The van der Waals surface area contributed by atoms with Crippen molar-refractivity contribution in [2.75, 3.05) is 5.32 Å². The highest BCUT2D eigenvalue weighted by Gasteiger charge is 2.30. The number of anilines is 1. The summed E-state index contributed by atoms with van der Waals surface area (Å²) in [7, 11) is 0.